The van der Waals surface area contributed by atoms with Gasteiger partial charge in [-0.1, -0.05) is 13.0 Å². The zero-order chi connectivity index (χ0) is 19.7. The van der Waals surface area contributed by atoms with Crippen LogP contribution in [-0.2, 0) is 6.42 Å². The summed E-state index contributed by atoms with van der Waals surface area (Å²) in [5.74, 6) is 0.600. The summed E-state index contributed by atoms with van der Waals surface area (Å²) in [7, 11) is 2.08. The molecule has 0 saturated carbocycles. The predicted molar refractivity (Wildman–Crippen MR) is 111 cm³/mol. The highest BCUT2D eigenvalue weighted by molar-refractivity contribution is 5.60. The minimum absolute atomic E-state index is 0.0303. The van der Waals surface area contributed by atoms with Gasteiger partial charge in [0.1, 0.15) is 5.75 Å². The first-order valence-corrected chi connectivity index (χ1v) is 10.1. The maximum Gasteiger partial charge on any atom is 0.166 e. The molecular weight excluding hydrogens is 353 g/mol. The number of benzene rings is 2. The first-order valence-electron chi connectivity index (χ1n) is 10.1. The zero-order valence-corrected chi connectivity index (χ0v) is 16.8. The molecule has 2 N–H and O–H groups in total. The van der Waals surface area contributed by atoms with Crippen molar-refractivity contribution in [1.82, 2.24) is 10.6 Å². The van der Waals surface area contributed by atoms with E-state index in [9.17, 15) is 4.39 Å². The Balaban J connectivity index is 1.43. The molecule has 0 bridgehead atoms. The second-order valence-electron chi connectivity index (χ2n) is 7.77. The third-order valence-corrected chi connectivity index (χ3v) is 5.72. The van der Waals surface area contributed by atoms with Gasteiger partial charge in [0, 0.05) is 49.7 Å². The molecule has 2 aliphatic heterocycles. The first-order chi connectivity index (χ1) is 13.5. The Kier molecular flexibility index (Phi) is 5.16. The largest absolute Gasteiger partial charge is 0.454 e. The van der Waals surface area contributed by atoms with Crippen molar-refractivity contribution in [2.75, 3.05) is 18.5 Å². The van der Waals surface area contributed by atoms with Crippen LogP contribution in [0.15, 0.2) is 48.3 Å². The van der Waals surface area contributed by atoms with Gasteiger partial charge in [0.05, 0.1) is 0 Å². The fourth-order valence-electron chi connectivity index (χ4n) is 3.93. The highest BCUT2D eigenvalue weighted by Crippen LogP contribution is 2.33. The fourth-order valence-corrected chi connectivity index (χ4v) is 3.93. The number of halogens is 1. The summed E-state index contributed by atoms with van der Waals surface area (Å²) in [6.45, 7) is 5.23. The summed E-state index contributed by atoms with van der Waals surface area (Å²) >= 11 is 0. The molecule has 2 aromatic carbocycles. The second-order valence-corrected chi connectivity index (χ2v) is 7.77. The van der Waals surface area contributed by atoms with Crippen LogP contribution in [0.25, 0.3) is 0 Å². The van der Waals surface area contributed by atoms with Crippen molar-refractivity contribution in [3.63, 3.8) is 0 Å². The Hall–Kier alpha value is -2.69. The molecule has 148 valence electrons. The number of fused-ring (bicyclic) bond motifs is 1. The Bertz CT molecular complexity index is 895. The average molecular weight is 381 g/mol. The SMILES string of the molecule is CC[C@H]1CC(NC(C)c2ccc(Oc3ccc4c(c3)CCN4C)c(F)c2)=CN1. The Morgan fingerprint density at radius 3 is 2.89 bits per heavy atom. The number of nitrogens with one attached hydrogen (secondary N) is 2. The molecule has 4 rings (SSSR count). The number of likely N-dealkylation sites (N-methyl/N-ethyl adjacent to an activating group) is 1. The predicted octanol–water partition coefficient (Wildman–Crippen LogP) is 4.87. The Morgan fingerprint density at radius 1 is 1.29 bits per heavy atom. The summed E-state index contributed by atoms with van der Waals surface area (Å²) in [4.78, 5) is 2.22. The van der Waals surface area contributed by atoms with Crippen molar-refractivity contribution in [2.24, 2.45) is 0 Å². The van der Waals surface area contributed by atoms with E-state index in [0.29, 0.717) is 11.8 Å². The Morgan fingerprint density at radius 2 is 2.14 bits per heavy atom. The van der Waals surface area contributed by atoms with Crippen molar-refractivity contribution >= 4 is 5.69 Å². The van der Waals surface area contributed by atoms with Crippen LogP contribution in [0.1, 0.15) is 43.9 Å². The number of rotatable bonds is 6. The van der Waals surface area contributed by atoms with Crippen LogP contribution in [0.3, 0.4) is 0 Å². The van der Waals surface area contributed by atoms with Crippen LogP contribution < -0.4 is 20.3 Å². The third-order valence-electron chi connectivity index (χ3n) is 5.72. The molecule has 0 amide bonds. The number of anilines is 1. The van der Waals surface area contributed by atoms with Crippen LogP contribution in [-0.4, -0.2) is 19.6 Å². The second kappa shape index (κ2) is 7.74. The molecular formula is C23H28FN3O. The minimum Gasteiger partial charge on any atom is -0.454 e. The van der Waals surface area contributed by atoms with Gasteiger partial charge in [-0.3, -0.25) is 0 Å². The van der Waals surface area contributed by atoms with Crippen LogP contribution in [0.4, 0.5) is 10.1 Å². The number of nitrogens with zero attached hydrogens (tertiary/aromatic N) is 1. The molecule has 0 radical (unpaired) electrons. The molecule has 2 heterocycles. The molecule has 0 spiro atoms. The molecule has 0 saturated heterocycles. The van der Waals surface area contributed by atoms with Gasteiger partial charge in [-0.2, -0.15) is 0 Å². The van der Waals surface area contributed by atoms with Crippen LogP contribution in [0.2, 0.25) is 0 Å². The third kappa shape index (κ3) is 3.79. The maximum absolute atomic E-state index is 14.7. The van der Waals surface area contributed by atoms with E-state index in [-0.39, 0.29) is 17.6 Å². The highest BCUT2D eigenvalue weighted by atomic mass is 19.1. The summed E-state index contributed by atoms with van der Waals surface area (Å²) in [5, 5.41) is 6.83. The van der Waals surface area contributed by atoms with E-state index in [1.165, 1.54) is 16.9 Å². The van der Waals surface area contributed by atoms with Gasteiger partial charge < -0.3 is 20.3 Å². The molecule has 0 aliphatic carbocycles. The fraction of sp³-hybridized carbons (Fsp3) is 0.391. The maximum atomic E-state index is 14.7. The van der Waals surface area contributed by atoms with Gasteiger partial charge in [0.15, 0.2) is 11.6 Å². The lowest BCUT2D eigenvalue weighted by Gasteiger charge is -2.18. The number of ether oxygens (including phenoxy) is 1. The van der Waals surface area contributed by atoms with Crippen molar-refractivity contribution < 1.29 is 9.13 Å². The minimum atomic E-state index is -0.339. The summed E-state index contributed by atoms with van der Waals surface area (Å²) in [5.41, 5.74) is 4.55. The molecule has 1 unspecified atom stereocenters. The van der Waals surface area contributed by atoms with Crippen molar-refractivity contribution in [3.05, 3.63) is 65.2 Å². The van der Waals surface area contributed by atoms with Crippen LogP contribution >= 0.6 is 0 Å². The van der Waals surface area contributed by atoms with Gasteiger partial charge in [-0.05, 0) is 61.2 Å². The van der Waals surface area contributed by atoms with E-state index < -0.39 is 0 Å². The number of hydrogen-bond donors (Lipinski definition) is 2. The first kappa shape index (κ1) is 18.7. The average Bonchev–Trinajstić information content (AvgIpc) is 3.29. The zero-order valence-electron chi connectivity index (χ0n) is 16.8. The molecule has 2 aliphatic rings. The van der Waals surface area contributed by atoms with Gasteiger partial charge >= 0.3 is 0 Å². The van der Waals surface area contributed by atoms with Crippen molar-refractivity contribution in [2.45, 2.75) is 45.2 Å². The van der Waals surface area contributed by atoms with E-state index in [4.69, 9.17) is 4.74 Å². The lowest BCUT2D eigenvalue weighted by Crippen LogP contribution is -2.20. The van der Waals surface area contributed by atoms with E-state index in [1.807, 2.05) is 37.4 Å². The molecule has 5 heteroatoms. The monoisotopic (exact) mass is 381 g/mol. The summed E-state index contributed by atoms with van der Waals surface area (Å²) in [6, 6.07) is 11.7. The van der Waals surface area contributed by atoms with E-state index in [0.717, 1.165) is 31.4 Å². The van der Waals surface area contributed by atoms with Gasteiger partial charge in [0.2, 0.25) is 0 Å². The van der Waals surface area contributed by atoms with Crippen LogP contribution in [0.5, 0.6) is 11.5 Å². The van der Waals surface area contributed by atoms with E-state index in [2.05, 4.69) is 29.5 Å². The molecule has 2 atom stereocenters. The van der Waals surface area contributed by atoms with Gasteiger partial charge in [0.25, 0.3) is 0 Å². The summed E-state index contributed by atoms with van der Waals surface area (Å²) < 4.78 is 20.5. The number of hydrogen-bond acceptors (Lipinski definition) is 4. The van der Waals surface area contributed by atoms with Gasteiger partial charge in [-0.25, -0.2) is 4.39 Å². The molecule has 2 aromatic rings. The van der Waals surface area contributed by atoms with Crippen molar-refractivity contribution in [1.29, 1.82) is 0 Å². The van der Waals surface area contributed by atoms with Crippen LogP contribution in [0, 0.1) is 5.82 Å². The van der Waals surface area contributed by atoms with E-state index >= 15 is 0 Å². The standard InChI is InChI=1S/C23H28FN3O/c1-4-18-13-19(14-25-18)26-15(2)16-5-8-23(21(24)12-16)28-20-6-7-22-17(11-20)9-10-27(22)3/h5-8,11-12,14-15,18,25-26H,4,9-10,13H2,1-3H3/t15?,18-/m0/s1. The quantitative estimate of drug-likeness (QED) is 0.748. The lowest BCUT2D eigenvalue weighted by atomic mass is 10.1. The molecule has 4 nitrogen and oxygen atoms in total. The summed E-state index contributed by atoms with van der Waals surface area (Å²) in [6.07, 6.45) is 5.11. The normalized spacial score (nSPS) is 19.1. The Labute approximate surface area is 166 Å². The highest BCUT2D eigenvalue weighted by Gasteiger charge is 2.19. The molecule has 0 fully saturated rings. The molecule has 0 aromatic heterocycles. The van der Waals surface area contributed by atoms with Gasteiger partial charge in [-0.15, -0.1) is 0 Å². The smallest absolute Gasteiger partial charge is 0.166 e. The lowest BCUT2D eigenvalue weighted by molar-refractivity contribution is 0.440. The van der Waals surface area contributed by atoms with E-state index in [1.54, 1.807) is 12.1 Å². The topological polar surface area (TPSA) is 36.5 Å². The van der Waals surface area contributed by atoms with Crippen molar-refractivity contribution in [3.8, 4) is 11.5 Å². The molecule has 28 heavy (non-hydrogen) atoms.